The third-order valence-corrected chi connectivity index (χ3v) is 4.35. The van der Waals surface area contributed by atoms with E-state index in [-0.39, 0.29) is 17.7 Å². The maximum atomic E-state index is 12.2. The fourth-order valence-electron chi connectivity index (χ4n) is 2.98. The third kappa shape index (κ3) is 1.75. The number of aromatic hydroxyl groups is 1. The van der Waals surface area contributed by atoms with Crippen LogP contribution in [-0.4, -0.2) is 11.0 Å². The largest absolute Gasteiger partial charge is 0.508 e. The highest BCUT2D eigenvalue weighted by molar-refractivity contribution is 6.00. The van der Waals surface area contributed by atoms with Gasteiger partial charge in [-0.1, -0.05) is 20.3 Å². The number of nitrogens with zero attached hydrogens (tertiary/aromatic N) is 1. The Bertz CT molecular complexity index is 709. The highest BCUT2D eigenvalue weighted by atomic mass is 16.3. The second kappa shape index (κ2) is 4.47. The molecule has 1 aliphatic heterocycles. The zero-order valence-corrected chi connectivity index (χ0v) is 12.0. The fraction of sp³-hybridized carbons (Fsp3) is 0.375. The van der Waals surface area contributed by atoms with Crippen molar-refractivity contribution < 1.29 is 14.5 Å². The SMILES string of the molecule is CC[C@@H](C)[C@@H]1NC(=O)c2cc3ccc(O)cc3[n+](C)c21. The zero-order valence-electron chi connectivity index (χ0n) is 12.0. The number of benzene rings is 1. The Labute approximate surface area is 118 Å². The minimum absolute atomic E-state index is 0.00382. The van der Waals surface area contributed by atoms with Crippen LogP contribution in [-0.2, 0) is 7.05 Å². The molecule has 1 aromatic heterocycles. The fourth-order valence-corrected chi connectivity index (χ4v) is 2.98. The second-order valence-corrected chi connectivity index (χ2v) is 5.58. The van der Waals surface area contributed by atoms with E-state index in [0.717, 1.165) is 28.6 Å². The first kappa shape index (κ1) is 12.9. The molecule has 2 N–H and O–H groups in total. The molecule has 3 rings (SSSR count). The lowest BCUT2D eigenvalue weighted by atomic mass is 9.95. The summed E-state index contributed by atoms with van der Waals surface area (Å²) in [6.45, 7) is 4.27. The molecule has 4 nitrogen and oxygen atoms in total. The molecule has 20 heavy (non-hydrogen) atoms. The monoisotopic (exact) mass is 271 g/mol. The lowest BCUT2D eigenvalue weighted by Crippen LogP contribution is -2.38. The molecule has 2 atom stereocenters. The summed E-state index contributed by atoms with van der Waals surface area (Å²) in [5.41, 5.74) is 2.70. The van der Waals surface area contributed by atoms with Crippen molar-refractivity contribution >= 4 is 16.8 Å². The van der Waals surface area contributed by atoms with Gasteiger partial charge in [0.1, 0.15) is 24.4 Å². The van der Waals surface area contributed by atoms with Gasteiger partial charge in [0.2, 0.25) is 11.2 Å². The third-order valence-electron chi connectivity index (χ3n) is 4.35. The number of carbonyl (C=O) groups is 1. The van der Waals surface area contributed by atoms with Gasteiger partial charge in [-0.2, -0.15) is 4.57 Å². The van der Waals surface area contributed by atoms with Crippen LogP contribution < -0.4 is 9.88 Å². The van der Waals surface area contributed by atoms with Gasteiger partial charge >= 0.3 is 0 Å². The van der Waals surface area contributed by atoms with Crippen molar-refractivity contribution in [1.29, 1.82) is 0 Å². The van der Waals surface area contributed by atoms with E-state index in [0.29, 0.717) is 5.92 Å². The number of carbonyl (C=O) groups excluding carboxylic acids is 1. The Morgan fingerprint density at radius 2 is 2.15 bits per heavy atom. The molecule has 1 aromatic carbocycles. The molecule has 0 saturated carbocycles. The summed E-state index contributed by atoms with van der Waals surface area (Å²) in [6.07, 6.45) is 1.00. The summed E-state index contributed by atoms with van der Waals surface area (Å²) in [5, 5.41) is 13.7. The first-order chi connectivity index (χ1) is 9.52. The average Bonchev–Trinajstić information content (AvgIpc) is 2.77. The number of hydrogen-bond donors (Lipinski definition) is 2. The Morgan fingerprint density at radius 1 is 1.40 bits per heavy atom. The molecule has 0 bridgehead atoms. The van der Waals surface area contributed by atoms with Crippen LogP contribution in [0.3, 0.4) is 0 Å². The predicted molar refractivity (Wildman–Crippen MR) is 76.5 cm³/mol. The van der Waals surface area contributed by atoms with Gasteiger partial charge in [0.05, 0.1) is 6.07 Å². The van der Waals surface area contributed by atoms with Crippen LogP contribution in [0.4, 0.5) is 0 Å². The highest BCUT2D eigenvalue weighted by Gasteiger charge is 2.39. The molecule has 0 radical (unpaired) electrons. The molecule has 1 aliphatic rings. The molecular weight excluding hydrogens is 252 g/mol. The van der Waals surface area contributed by atoms with E-state index in [1.54, 1.807) is 12.1 Å². The number of phenols is 1. The average molecular weight is 271 g/mol. The number of rotatable bonds is 2. The Kier molecular flexibility index (Phi) is 2.89. The molecule has 0 aliphatic carbocycles. The van der Waals surface area contributed by atoms with Crippen LogP contribution in [0.25, 0.3) is 10.9 Å². The van der Waals surface area contributed by atoms with E-state index in [1.165, 1.54) is 0 Å². The van der Waals surface area contributed by atoms with Crippen molar-refractivity contribution in [3.05, 3.63) is 35.5 Å². The number of nitrogens with one attached hydrogen (secondary N) is 1. The van der Waals surface area contributed by atoms with Gasteiger partial charge in [0, 0.05) is 5.39 Å². The zero-order chi connectivity index (χ0) is 14.4. The van der Waals surface area contributed by atoms with Gasteiger partial charge in [-0.05, 0) is 24.1 Å². The number of aryl methyl sites for hydroxylation is 1. The standard InChI is InChI=1S/C16H18N2O2/c1-4-9(2)14-15-12(16(20)17-14)7-10-5-6-11(19)8-13(10)18(15)3/h5-9,14H,4H2,1-3H3,(H,17,20)/p+1/t9-,14+/m1/s1. The lowest BCUT2D eigenvalue weighted by molar-refractivity contribution is -0.654. The maximum absolute atomic E-state index is 12.2. The topological polar surface area (TPSA) is 53.2 Å². The summed E-state index contributed by atoms with van der Waals surface area (Å²) in [4.78, 5) is 12.2. The van der Waals surface area contributed by atoms with Crippen molar-refractivity contribution in [3.63, 3.8) is 0 Å². The first-order valence-electron chi connectivity index (χ1n) is 6.99. The lowest BCUT2D eigenvalue weighted by Gasteiger charge is -2.16. The van der Waals surface area contributed by atoms with Crippen molar-refractivity contribution in [2.75, 3.05) is 0 Å². The van der Waals surface area contributed by atoms with E-state index in [2.05, 4.69) is 19.2 Å². The molecule has 2 aromatic rings. The molecule has 0 unspecified atom stereocenters. The second-order valence-electron chi connectivity index (χ2n) is 5.58. The number of fused-ring (bicyclic) bond motifs is 2. The predicted octanol–water partition coefficient (Wildman–Crippen LogP) is 2.20. The minimum atomic E-state index is -0.00382. The van der Waals surface area contributed by atoms with Crippen molar-refractivity contribution in [1.82, 2.24) is 5.32 Å². The highest BCUT2D eigenvalue weighted by Crippen LogP contribution is 2.32. The van der Waals surface area contributed by atoms with Crippen LogP contribution in [0.15, 0.2) is 24.3 Å². The summed E-state index contributed by atoms with van der Waals surface area (Å²) in [6, 6.07) is 7.19. The molecule has 0 spiro atoms. The summed E-state index contributed by atoms with van der Waals surface area (Å²) in [7, 11) is 1.95. The van der Waals surface area contributed by atoms with Crippen LogP contribution in [0.1, 0.15) is 42.4 Å². The van der Waals surface area contributed by atoms with Crippen molar-refractivity contribution in [2.45, 2.75) is 26.3 Å². The normalized spacial score (nSPS) is 18.9. The Morgan fingerprint density at radius 3 is 2.85 bits per heavy atom. The molecule has 0 saturated heterocycles. The van der Waals surface area contributed by atoms with Gasteiger partial charge in [0.15, 0.2) is 0 Å². The van der Waals surface area contributed by atoms with E-state index in [4.69, 9.17) is 0 Å². The molecular formula is C16H19N2O2+. The number of hydrogen-bond acceptors (Lipinski definition) is 2. The van der Waals surface area contributed by atoms with Gasteiger partial charge in [0.25, 0.3) is 5.91 Å². The maximum Gasteiger partial charge on any atom is 0.258 e. The molecule has 2 heterocycles. The molecule has 0 fully saturated rings. The summed E-state index contributed by atoms with van der Waals surface area (Å²) < 4.78 is 2.03. The van der Waals surface area contributed by atoms with E-state index < -0.39 is 0 Å². The Balaban J connectivity index is 2.29. The van der Waals surface area contributed by atoms with Gasteiger partial charge in [-0.25, -0.2) is 0 Å². The van der Waals surface area contributed by atoms with E-state index in [9.17, 15) is 9.90 Å². The van der Waals surface area contributed by atoms with Gasteiger partial charge < -0.3 is 10.4 Å². The number of pyridine rings is 1. The van der Waals surface area contributed by atoms with Crippen molar-refractivity contribution in [2.24, 2.45) is 13.0 Å². The van der Waals surface area contributed by atoms with Gasteiger partial charge in [-0.3, -0.25) is 4.79 Å². The quantitative estimate of drug-likeness (QED) is 0.823. The van der Waals surface area contributed by atoms with Crippen LogP contribution in [0.2, 0.25) is 0 Å². The van der Waals surface area contributed by atoms with E-state index in [1.807, 2.05) is 23.7 Å². The molecule has 4 heteroatoms. The van der Waals surface area contributed by atoms with Crippen molar-refractivity contribution in [3.8, 4) is 5.75 Å². The summed E-state index contributed by atoms with van der Waals surface area (Å²) >= 11 is 0. The number of phenolic OH excluding ortho intramolecular Hbond substituents is 1. The number of aromatic nitrogens is 1. The number of amides is 1. The van der Waals surface area contributed by atoms with E-state index >= 15 is 0 Å². The molecule has 104 valence electrons. The minimum Gasteiger partial charge on any atom is -0.508 e. The Hall–Kier alpha value is -2.10. The smallest absolute Gasteiger partial charge is 0.258 e. The van der Waals surface area contributed by atoms with Crippen LogP contribution >= 0.6 is 0 Å². The first-order valence-corrected chi connectivity index (χ1v) is 6.99. The van der Waals surface area contributed by atoms with Gasteiger partial charge in [-0.15, -0.1) is 0 Å². The molecule has 1 amide bonds. The van der Waals surface area contributed by atoms with Crippen LogP contribution in [0, 0.1) is 5.92 Å². The summed E-state index contributed by atoms with van der Waals surface area (Å²) in [5.74, 6) is 0.613. The van der Waals surface area contributed by atoms with Crippen LogP contribution in [0.5, 0.6) is 5.75 Å².